The maximum Gasteiger partial charge on any atom is 0.229 e. The fourth-order valence-corrected chi connectivity index (χ4v) is 4.43. The molecule has 0 amide bonds. The van der Waals surface area contributed by atoms with Crippen molar-refractivity contribution in [1.29, 1.82) is 0 Å². The van der Waals surface area contributed by atoms with E-state index in [0.717, 1.165) is 30.9 Å². The molecule has 1 fully saturated rings. The highest BCUT2D eigenvalue weighted by molar-refractivity contribution is 6.47. The van der Waals surface area contributed by atoms with Gasteiger partial charge in [0.15, 0.2) is 0 Å². The van der Waals surface area contributed by atoms with Crippen molar-refractivity contribution in [2.75, 3.05) is 0 Å². The molecule has 0 atom stereocenters. The molecule has 1 spiro atoms. The predicted molar refractivity (Wildman–Crippen MR) is 114 cm³/mol. The molecule has 0 radical (unpaired) electrons. The number of aliphatic hydroxyl groups excluding tert-OH is 1. The Morgan fingerprint density at radius 1 is 0.897 bits per heavy atom. The molecule has 2 aromatic carbocycles. The maximum absolute atomic E-state index is 12.6. The van der Waals surface area contributed by atoms with Crippen LogP contribution in [0.4, 0.5) is 0 Å². The lowest BCUT2D eigenvalue weighted by Gasteiger charge is -2.44. The largest absolute Gasteiger partial charge is 0.507 e. The lowest BCUT2D eigenvalue weighted by atomic mass is 9.74. The van der Waals surface area contributed by atoms with Gasteiger partial charge in [-0.05, 0) is 24.8 Å². The summed E-state index contributed by atoms with van der Waals surface area (Å²) in [6.45, 7) is 0. The molecule has 0 bridgehead atoms. The molecule has 1 aliphatic carbocycles. The molecule has 1 saturated carbocycles. The van der Waals surface area contributed by atoms with Crippen LogP contribution >= 0.6 is 0 Å². The summed E-state index contributed by atoms with van der Waals surface area (Å²) >= 11 is 0. The lowest BCUT2D eigenvalue weighted by molar-refractivity contribution is -0.130. The van der Waals surface area contributed by atoms with Crippen LogP contribution in [-0.4, -0.2) is 22.2 Å². The van der Waals surface area contributed by atoms with E-state index in [-0.39, 0.29) is 11.3 Å². The molecular weight excluding hydrogens is 362 g/mol. The van der Waals surface area contributed by atoms with Crippen molar-refractivity contribution in [3.63, 3.8) is 0 Å². The van der Waals surface area contributed by atoms with E-state index in [2.05, 4.69) is 11.4 Å². The normalized spacial score (nSPS) is 19.4. The van der Waals surface area contributed by atoms with Gasteiger partial charge < -0.3 is 10.4 Å². The number of hydrogen-bond acceptors (Lipinski definition) is 4. The van der Waals surface area contributed by atoms with Crippen LogP contribution in [0.3, 0.4) is 0 Å². The van der Waals surface area contributed by atoms with Crippen molar-refractivity contribution in [1.82, 2.24) is 5.32 Å². The first-order valence-electron chi connectivity index (χ1n) is 10.2. The minimum absolute atomic E-state index is 0.0379. The molecule has 0 aromatic heterocycles. The second-order valence-corrected chi connectivity index (χ2v) is 7.98. The second-order valence-electron chi connectivity index (χ2n) is 7.98. The number of nitrogens with one attached hydrogen (secondary N) is 1. The molecule has 1 aliphatic heterocycles. The Labute approximate surface area is 171 Å². The number of hydrogen-bond donors (Lipinski definition) is 2. The maximum atomic E-state index is 12.6. The Balaban J connectivity index is 1.62. The number of ketones is 2. The Bertz CT molecular complexity index is 982. The van der Waals surface area contributed by atoms with Gasteiger partial charge in [-0.15, -0.1) is 0 Å². The number of carbonyl (C=O) groups excluding carboxylic acids is 2. The molecule has 1 heterocycles. The van der Waals surface area contributed by atoms with Gasteiger partial charge in [0.1, 0.15) is 5.76 Å². The zero-order valence-electron chi connectivity index (χ0n) is 16.4. The van der Waals surface area contributed by atoms with E-state index in [9.17, 15) is 14.7 Å². The summed E-state index contributed by atoms with van der Waals surface area (Å²) in [7, 11) is 0. The van der Waals surface area contributed by atoms with Gasteiger partial charge in [0, 0.05) is 34.5 Å². The van der Waals surface area contributed by atoms with Gasteiger partial charge >= 0.3 is 0 Å². The molecule has 4 nitrogen and oxygen atoms in total. The number of rotatable bonds is 4. The second kappa shape index (κ2) is 8.08. The van der Waals surface area contributed by atoms with Crippen LogP contribution in [0.15, 0.2) is 66.7 Å². The van der Waals surface area contributed by atoms with Gasteiger partial charge in [-0.1, -0.05) is 73.9 Å². The van der Waals surface area contributed by atoms with Gasteiger partial charge in [0.25, 0.3) is 0 Å². The monoisotopic (exact) mass is 387 g/mol. The van der Waals surface area contributed by atoms with Crippen molar-refractivity contribution in [2.45, 2.75) is 44.1 Å². The summed E-state index contributed by atoms with van der Waals surface area (Å²) in [4.78, 5) is 25.1. The number of fused-ring (bicyclic) bond motifs is 1. The fraction of sp³-hybridized carbons (Fsp3) is 0.280. The zero-order chi connectivity index (χ0) is 20.3. The first kappa shape index (κ1) is 19.2. The first-order chi connectivity index (χ1) is 14.1. The van der Waals surface area contributed by atoms with Crippen molar-refractivity contribution >= 4 is 23.0 Å². The summed E-state index contributed by atoms with van der Waals surface area (Å²) in [5.41, 5.74) is 3.36. The summed E-state index contributed by atoms with van der Waals surface area (Å²) in [6, 6.07) is 16.8. The molecule has 2 N–H and O–H groups in total. The van der Waals surface area contributed by atoms with Crippen LogP contribution in [0.2, 0.25) is 0 Å². The van der Waals surface area contributed by atoms with E-state index in [0.29, 0.717) is 11.3 Å². The first-order valence-corrected chi connectivity index (χ1v) is 10.2. The molecule has 0 saturated heterocycles. The number of allylic oxidation sites excluding steroid dienone is 2. The molecule has 2 aromatic rings. The molecule has 2 aliphatic rings. The van der Waals surface area contributed by atoms with Crippen LogP contribution in [0.1, 0.15) is 48.8 Å². The third kappa shape index (κ3) is 4.16. The third-order valence-corrected chi connectivity index (χ3v) is 5.90. The fourth-order valence-electron chi connectivity index (χ4n) is 4.43. The van der Waals surface area contributed by atoms with Crippen LogP contribution in [0.5, 0.6) is 0 Å². The van der Waals surface area contributed by atoms with Gasteiger partial charge in [-0.25, -0.2) is 0 Å². The standard InChI is InChI=1S/C25H25NO3/c27-22(18-9-3-1-4-10-18)16-24(29)23(28)15-21-20-12-6-5-11-19(20)17-25(26-21)13-7-2-8-14-25/h1,3-6,9-12,15-16,26-27H,2,7-8,13-14,17H2/b21-15-,22-16?. The number of carbonyl (C=O) groups is 2. The van der Waals surface area contributed by atoms with Crippen molar-refractivity contribution < 1.29 is 14.7 Å². The molecule has 0 unspecified atom stereocenters. The average Bonchev–Trinajstić information content (AvgIpc) is 2.74. The summed E-state index contributed by atoms with van der Waals surface area (Å²) in [5.74, 6) is -1.58. The van der Waals surface area contributed by atoms with Crippen LogP contribution in [0, 0.1) is 0 Å². The summed E-state index contributed by atoms with van der Waals surface area (Å²) in [6.07, 6.45) is 9.05. The Hall–Kier alpha value is -3.14. The van der Waals surface area contributed by atoms with E-state index in [4.69, 9.17) is 0 Å². The van der Waals surface area contributed by atoms with Gasteiger partial charge in [0.2, 0.25) is 11.6 Å². The minimum Gasteiger partial charge on any atom is -0.507 e. The summed E-state index contributed by atoms with van der Waals surface area (Å²) in [5, 5.41) is 13.8. The van der Waals surface area contributed by atoms with E-state index in [1.807, 2.05) is 24.3 Å². The summed E-state index contributed by atoms with van der Waals surface area (Å²) < 4.78 is 0. The van der Waals surface area contributed by atoms with Gasteiger partial charge in [-0.2, -0.15) is 0 Å². The van der Waals surface area contributed by atoms with Gasteiger partial charge in [0.05, 0.1) is 0 Å². The SMILES string of the molecule is O=C(C=C(O)c1ccccc1)C(=O)/C=C1\NC2(CCCCC2)Cc2ccccc21. The van der Waals surface area contributed by atoms with Crippen molar-refractivity contribution in [3.8, 4) is 0 Å². The Morgan fingerprint density at radius 3 is 2.34 bits per heavy atom. The highest BCUT2D eigenvalue weighted by Crippen LogP contribution is 2.38. The topological polar surface area (TPSA) is 66.4 Å². The Morgan fingerprint density at radius 2 is 1.59 bits per heavy atom. The smallest absolute Gasteiger partial charge is 0.229 e. The third-order valence-electron chi connectivity index (χ3n) is 5.90. The number of aliphatic hydroxyl groups is 1. The molecule has 4 heteroatoms. The van der Waals surface area contributed by atoms with Crippen molar-refractivity contribution in [3.05, 3.63) is 83.4 Å². The van der Waals surface area contributed by atoms with Crippen LogP contribution < -0.4 is 5.32 Å². The van der Waals surface area contributed by atoms with E-state index >= 15 is 0 Å². The minimum atomic E-state index is -0.735. The molecule has 4 rings (SSSR count). The highest BCUT2D eigenvalue weighted by atomic mass is 16.3. The van der Waals surface area contributed by atoms with E-state index in [1.54, 1.807) is 24.3 Å². The predicted octanol–water partition coefficient (Wildman–Crippen LogP) is 4.61. The average molecular weight is 387 g/mol. The molecular formula is C25H25NO3. The van der Waals surface area contributed by atoms with Crippen LogP contribution in [-0.2, 0) is 16.0 Å². The van der Waals surface area contributed by atoms with Gasteiger partial charge in [-0.3, -0.25) is 9.59 Å². The zero-order valence-corrected chi connectivity index (χ0v) is 16.4. The van der Waals surface area contributed by atoms with E-state index in [1.165, 1.54) is 30.9 Å². The highest BCUT2D eigenvalue weighted by Gasteiger charge is 2.37. The van der Waals surface area contributed by atoms with Crippen molar-refractivity contribution in [2.24, 2.45) is 0 Å². The van der Waals surface area contributed by atoms with E-state index < -0.39 is 11.6 Å². The quantitative estimate of drug-likeness (QED) is 0.457. The lowest BCUT2D eigenvalue weighted by Crippen LogP contribution is -2.50. The number of benzene rings is 2. The van der Waals surface area contributed by atoms with Crippen LogP contribution in [0.25, 0.3) is 11.5 Å². The Kier molecular flexibility index (Phi) is 5.34. The molecule has 29 heavy (non-hydrogen) atoms. The molecule has 148 valence electrons.